The molecule has 0 radical (unpaired) electrons. The molecular weight excluding hydrogens is 406 g/mol. The lowest BCUT2D eigenvalue weighted by Gasteiger charge is -2.15. The fourth-order valence-corrected chi connectivity index (χ4v) is 3.91. The van der Waals surface area contributed by atoms with Gasteiger partial charge in [0.2, 0.25) is 21.7 Å². The first-order chi connectivity index (χ1) is 13.3. The summed E-state index contributed by atoms with van der Waals surface area (Å²) in [7, 11) is 0.654. The normalized spacial score (nSPS) is 11.6. The SMILES string of the molecule is COc1ccc(-c2noc(CN(C)S(=O)(=O)c3ccc(OC)c(Cl)c3)n2)cc1. The van der Waals surface area contributed by atoms with Crippen LogP contribution in [0.5, 0.6) is 11.5 Å². The third kappa shape index (κ3) is 4.11. The van der Waals surface area contributed by atoms with Crippen molar-refractivity contribution >= 4 is 21.6 Å². The maximum Gasteiger partial charge on any atom is 0.243 e. The van der Waals surface area contributed by atoms with E-state index in [4.69, 9.17) is 25.6 Å². The molecule has 0 unspecified atom stereocenters. The van der Waals surface area contributed by atoms with Crippen LogP contribution in [0.25, 0.3) is 11.4 Å². The second-order valence-corrected chi connectivity index (χ2v) is 8.25. The first kappa shape index (κ1) is 20.1. The lowest BCUT2D eigenvalue weighted by atomic mass is 10.2. The highest BCUT2D eigenvalue weighted by Gasteiger charge is 2.24. The van der Waals surface area contributed by atoms with Gasteiger partial charge in [0, 0.05) is 12.6 Å². The molecule has 0 bridgehead atoms. The molecule has 0 saturated carbocycles. The fraction of sp³-hybridized carbons (Fsp3) is 0.222. The molecule has 0 amide bonds. The van der Waals surface area contributed by atoms with Gasteiger partial charge in [0.05, 0.1) is 30.7 Å². The average molecular weight is 424 g/mol. The van der Waals surface area contributed by atoms with Crippen molar-refractivity contribution in [2.45, 2.75) is 11.4 Å². The number of methoxy groups -OCH3 is 2. The third-order valence-electron chi connectivity index (χ3n) is 4.01. The smallest absolute Gasteiger partial charge is 0.243 e. The summed E-state index contributed by atoms with van der Waals surface area (Å²) in [5.41, 5.74) is 0.725. The van der Waals surface area contributed by atoms with Crippen molar-refractivity contribution in [2.75, 3.05) is 21.3 Å². The van der Waals surface area contributed by atoms with Gasteiger partial charge in [0.15, 0.2) is 0 Å². The first-order valence-corrected chi connectivity index (χ1v) is 9.94. The van der Waals surface area contributed by atoms with Crippen molar-refractivity contribution in [3.05, 3.63) is 53.4 Å². The van der Waals surface area contributed by atoms with E-state index in [2.05, 4.69) is 10.1 Å². The zero-order valence-corrected chi connectivity index (χ0v) is 17.0. The lowest BCUT2D eigenvalue weighted by molar-refractivity contribution is 0.336. The van der Waals surface area contributed by atoms with E-state index in [1.807, 2.05) is 0 Å². The maximum atomic E-state index is 12.8. The highest BCUT2D eigenvalue weighted by Crippen LogP contribution is 2.28. The summed E-state index contributed by atoms with van der Waals surface area (Å²) in [5.74, 6) is 1.62. The summed E-state index contributed by atoms with van der Waals surface area (Å²) in [6.07, 6.45) is 0. The lowest BCUT2D eigenvalue weighted by Crippen LogP contribution is -2.26. The minimum absolute atomic E-state index is 0.0377. The van der Waals surface area contributed by atoms with Crippen LogP contribution in [0, 0.1) is 0 Å². The average Bonchev–Trinajstić information content (AvgIpc) is 3.16. The quantitative estimate of drug-likeness (QED) is 0.575. The minimum atomic E-state index is -3.80. The van der Waals surface area contributed by atoms with Crippen LogP contribution >= 0.6 is 11.6 Å². The standard InChI is InChI=1S/C18H18ClN3O5S/c1-22(28(23,24)14-8-9-16(26-3)15(19)10-14)11-17-20-18(21-27-17)12-4-6-13(25-2)7-5-12/h4-10H,11H2,1-3H3. The highest BCUT2D eigenvalue weighted by atomic mass is 35.5. The molecular formula is C18H18ClN3O5S. The maximum absolute atomic E-state index is 12.8. The molecule has 0 N–H and O–H groups in total. The fourth-order valence-electron chi connectivity index (χ4n) is 2.44. The molecule has 1 aromatic heterocycles. The Morgan fingerprint density at radius 1 is 1.11 bits per heavy atom. The highest BCUT2D eigenvalue weighted by molar-refractivity contribution is 7.89. The Morgan fingerprint density at radius 2 is 1.82 bits per heavy atom. The molecule has 3 aromatic rings. The largest absolute Gasteiger partial charge is 0.497 e. The van der Waals surface area contributed by atoms with Gasteiger partial charge in [0.1, 0.15) is 11.5 Å². The van der Waals surface area contributed by atoms with Gasteiger partial charge in [0.25, 0.3) is 0 Å². The van der Waals surface area contributed by atoms with Crippen LogP contribution in [0.1, 0.15) is 5.89 Å². The van der Waals surface area contributed by atoms with E-state index in [-0.39, 0.29) is 22.4 Å². The van der Waals surface area contributed by atoms with Gasteiger partial charge in [-0.15, -0.1) is 0 Å². The van der Waals surface area contributed by atoms with Crippen molar-refractivity contribution in [3.63, 3.8) is 0 Å². The molecule has 3 rings (SSSR count). The molecule has 0 aliphatic heterocycles. The molecule has 0 atom stereocenters. The van der Waals surface area contributed by atoms with Crippen molar-refractivity contribution < 1.29 is 22.4 Å². The summed E-state index contributed by atoms with van der Waals surface area (Å²) in [6, 6.07) is 11.4. The molecule has 1 heterocycles. The van der Waals surface area contributed by atoms with Crippen LogP contribution in [0.4, 0.5) is 0 Å². The van der Waals surface area contributed by atoms with Crippen molar-refractivity contribution in [1.82, 2.24) is 14.4 Å². The Balaban J connectivity index is 1.77. The Labute approximate surface area is 167 Å². The monoisotopic (exact) mass is 423 g/mol. The number of aromatic nitrogens is 2. The van der Waals surface area contributed by atoms with Gasteiger partial charge in [-0.2, -0.15) is 9.29 Å². The van der Waals surface area contributed by atoms with Crippen LogP contribution in [0.15, 0.2) is 51.9 Å². The van der Waals surface area contributed by atoms with Gasteiger partial charge >= 0.3 is 0 Å². The second kappa shape index (κ2) is 8.17. The van der Waals surface area contributed by atoms with Crippen LogP contribution < -0.4 is 9.47 Å². The number of benzene rings is 2. The molecule has 8 nitrogen and oxygen atoms in total. The molecule has 0 aliphatic rings. The van der Waals surface area contributed by atoms with E-state index >= 15 is 0 Å². The number of hydrogen-bond donors (Lipinski definition) is 0. The molecule has 10 heteroatoms. The predicted molar refractivity (Wildman–Crippen MR) is 103 cm³/mol. The summed E-state index contributed by atoms with van der Waals surface area (Å²) in [6.45, 7) is -0.0882. The van der Waals surface area contributed by atoms with E-state index in [9.17, 15) is 8.42 Å². The summed E-state index contributed by atoms with van der Waals surface area (Å²) < 4.78 is 42.0. The van der Waals surface area contributed by atoms with E-state index < -0.39 is 10.0 Å². The number of hydrogen-bond acceptors (Lipinski definition) is 7. The molecule has 0 aliphatic carbocycles. The number of ether oxygens (including phenoxy) is 2. The van der Waals surface area contributed by atoms with Gasteiger partial charge < -0.3 is 14.0 Å². The zero-order valence-electron chi connectivity index (χ0n) is 15.4. The van der Waals surface area contributed by atoms with E-state index in [0.717, 1.165) is 9.87 Å². The van der Waals surface area contributed by atoms with Gasteiger partial charge in [-0.3, -0.25) is 0 Å². The van der Waals surface area contributed by atoms with Crippen LogP contribution in [0.2, 0.25) is 5.02 Å². The van der Waals surface area contributed by atoms with Crippen molar-refractivity contribution in [3.8, 4) is 22.9 Å². The Kier molecular flexibility index (Phi) is 5.87. The van der Waals surface area contributed by atoms with Crippen LogP contribution in [-0.2, 0) is 16.6 Å². The zero-order chi connectivity index (χ0) is 20.3. The van der Waals surface area contributed by atoms with E-state index in [1.165, 1.54) is 32.4 Å². The number of halogens is 1. The van der Waals surface area contributed by atoms with Gasteiger partial charge in [-0.25, -0.2) is 8.42 Å². The first-order valence-electron chi connectivity index (χ1n) is 8.12. The minimum Gasteiger partial charge on any atom is -0.497 e. The summed E-state index contributed by atoms with van der Waals surface area (Å²) >= 11 is 6.04. The molecule has 0 fully saturated rings. The Bertz CT molecular complexity index is 1070. The Hall–Kier alpha value is -2.62. The summed E-state index contributed by atoms with van der Waals surface area (Å²) in [4.78, 5) is 4.29. The Morgan fingerprint density at radius 3 is 2.43 bits per heavy atom. The summed E-state index contributed by atoms with van der Waals surface area (Å²) in [5, 5.41) is 4.11. The molecule has 2 aromatic carbocycles. The van der Waals surface area contributed by atoms with Crippen LogP contribution in [-0.4, -0.2) is 44.1 Å². The predicted octanol–water partition coefficient (Wildman–Crippen LogP) is 3.23. The molecule has 148 valence electrons. The van der Waals surface area contributed by atoms with Crippen molar-refractivity contribution in [1.29, 1.82) is 0 Å². The number of sulfonamides is 1. The van der Waals surface area contributed by atoms with E-state index in [0.29, 0.717) is 17.3 Å². The number of rotatable bonds is 7. The second-order valence-electron chi connectivity index (χ2n) is 5.80. The van der Waals surface area contributed by atoms with Crippen molar-refractivity contribution in [2.24, 2.45) is 0 Å². The molecule has 28 heavy (non-hydrogen) atoms. The number of nitrogens with zero attached hydrogens (tertiary/aromatic N) is 3. The topological polar surface area (TPSA) is 94.8 Å². The third-order valence-corrected chi connectivity index (χ3v) is 6.10. The van der Waals surface area contributed by atoms with Gasteiger partial charge in [-0.1, -0.05) is 16.8 Å². The van der Waals surface area contributed by atoms with E-state index in [1.54, 1.807) is 31.4 Å². The van der Waals surface area contributed by atoms with Crippen LogP contribution in [0.3, 0.4) is 0 Å². The molecule has 0 spiro atoms. The van der Waals surface area contributed by atoms with Gasteiger partial charge in [-0.05, 0) is 42.5 Å². The molecule has 0 saturated heterocycles.